The highest BCUT2D eigenvalue weighted by Crippen LogP contribution is 2.27. The van der Waals surface area contributed by atoms with Gasteiger partial charge in [0, 0.05) is 12.7 Å². The van der Waals surface area contributed by atoms with E-state index >= 15 is 0 Å². The van der Waals surface area contributed by atoms with Crippen molar-refractivity contribution >= 4 is 11.9 Å². The van der Waals surface area contributed by atoms with E-state index in [2.05, 4.69) is 0 Å². The van der Waals surface area contributed by atoms with Crippen LogP contribution < -0.4 is 0 Å². The van der Waals surface area contributed by atoms with E-state index in [9.17, 15) is 19.8 Å². The minimum Gasteiger partial charge on any atom is -0.478 e. The van der Waals surface area contributed by atoms with Crippen LogP contribution in [0.4, 0.5) is 0 Å². The van der Waals surface area contributed by atoms with Crippen molar-refractivity contribution in [3.05, 3.63) is 58.8 Å². The second kappa shape index (κ2) is 7.13. The summed E-state index contributed by atoms with van der Waals surface area (Å²) < 4.78 is 0. The Morgan fingerprint density at radius 3 is 2.35 bits per heavy atom. The van der Waals surface area contributed by atoms with Crippen molar-refractivity contribution in [2.24, 2.45) is 0 Å². The van der Waals surface area contributed by atoms with Crippen LogP contribution in [0.15, 0.2) is 53.3 Å². The number of rotatable bonds is 6. The lowest BCUT2D eigenvalue weighted by atomic mass is 9.92. The molecule has 0 spiro atoms. The molecule has 0 fully saturated rings. The van der Waals surface area contributed by atoms with E-state index in [1.54, 1.807) is 20.0 Å². The van der Waals surface area contributed by atoms with Gasteiger partial charge in [-0.3, -0.25) is 0 Å². The molecule has 5 heteroatoms. The Morgan fingerprint density at radius 2 is 1.78 bits per heavy atom. The molecule has 1 unspecified atom stereocenters. The van der Waals surface area contributed by atoms with Crippen LogP contribution >= 0.6 is 0 Å². The minimum atomic E-state index is -1.10. The molecule has 1 heterocycles. The summed E-state index contributed by atoms with van der Waals surface area (Å²) >= 11 is 0. The molecule has 0 aliphatic carbocycles. The van der Waals surface area contributed by atoms with Crippen molar-refractivity contribution in [2.75, 3.05) is 6.54 Å². The van der Waals surface area contributed by atoms with Crippen molar-refractivity contribution in [1.82, 2.24) is 4.90 Å². The monoisotopic (exact) mass is 315 g/mol. The van der Waals surface area contributed by atoms with E-state index in [0.717, 1.165) is 12.8 Å². The summed E-state index contributed by atoms with van der Waals surface area (Å²) in [6.45, 7) is 3.96. The lowest BCUT2D eigenvalue weighted by Crippen LogP contribution is -2.38. The van der Waals surface area contributed by atoms with E-state index in [4.69, 9.17) is 0 Å². The summed E-state index contributed by atoms with van der Waals surface area (Å²) in [5.74, 6) is -2.16. The van der Waals surface area contributed by atoms with Crippen LogP contribution in [0.1, 0.15) is 25.8 Å². The van der Waals surface area contributed by atoms with Gasteiger partial charge in [-0.1, -0.05) is 30.3 Å². The SMILES string of the molecule is CC1=C(C(=O)O)C(C)N(CCCc2ccccc2)C=C1C(=O)O. The van der Waals surface area contributed by atoms with Crippen LogP contribution in [-0.2, 0) is 16.0 Å². The molecule has 1 aromatic carbocycles. The summed E-state index contributed by atoms with van der Waals surface area (Å²) in [5, 5.41) is 18.7. The highest BCUT2D eigenvalue weighted by Gasteiger charge is 2.31. The Morgan fingerprint density at radius 1 is 1.13 bits per heavy atom. The molecule has 1 aliphatic rings. The predicted molar refractivity (Wildman–Crippen MR) is 87.0 cm³/mol. The highest BCUT2D eigenvalue weighted by molar-refractivity contribution is 5.98. The third-order valence-corrected chi connectivity index (χ3v) is 4.20. The molecule has 1 atom stereocenters. The first kappa shape index (κ1) is 16.8. The molecule has 2 N–H and O–H groups in total. The third kappa shape index (κ3) is 3.80. The van der Waals surface area contributed by atoms with Gasteiger partial charge >= 0.3 is 11.9 Å². The number of carboxylic acids is 2. The smallest absolute Gasteiger partial charge is 0.337 e. The molecule has 0 saturated carbocycles. The van der Waals surface area contributed by atoms with E-state index in [0.29, 0.717) is 12.1 Å². The first-order valence-corrected chi connectivity index (χ1v) is 7.61. The second-order valence-corrected chi connectivity index (χ2v) is 5.69. The maximum Gasteiger partial charge on any atom is 0.337 e. The van der Waals surface area contributed by atoms with E-state index in [1.807, 2.05) is 35.2 Å². The molecule has 0 radical (unpaired) electrons. The standard InChI is InChI=1S/C18H21NO4/c1-12-15(17(20)21)11-19(13(2)16(12)18(22)23)10-6-9-14-7-4-3-5-8-14/h3-5,7-8,11,13H,6,9-10H2,1-2H3,(H,20,21)(H,22,23). The van der Waals surface area contributed by atoms with Gasteiger partial charge in [0.15, 0.2) is 0 Å². The minimum absolute atomic E-state index is 0.0558. The zero-order valence-corrected chi connectivity index (χ0v) is 13.3. The molecule has 23 heavy (non-hydrogen) atoms. The van der Waals surface area contributed by atoms with Crippen molar-refractivity contribution in [3.8, 4) is 0 Å². The molecule has 0 saturated heterocycles. The van der Waals surface area contributed by atoms with Gasteiger partial charge < -0.3 is 15.1 Å². The summed E-state index contributed by atoms with van der Waals surface area (Å²) in [7, 11) is 0. The number of hydrogen-bond donors (Lipinski definition) is 2. The van der Waals surface area contributed by atoms with Gasteiger partial charge in [-0.05, 0) is 37.8 Å². The van der Waals surface area contributed by atoms with Crippen molar-refractivity contribution < 1.29 is 19.8 Å². The molecular formula is C18H21NO4. The summed E-state index contributed by atoms with van der Waals surface area (Å²) in [4.78, 5) is 24.6. The quantitative estimate of drug-likeness (QED) is 0.844. The zero-order chi connectivity index (χ0) is 17.0. The fourth-order valence-electron chi connectivity index (χ4n) is 2.92. The van der Waals surface area contributed by atoms with Crippen LogP contribution in [-0.4, -0.2) is 39.6 Å². The number of hydrogen-bond acceptors (Lipinski definition) is 3. The first-order chi connectivity index (χ1) is 10.9. The summed E-state index contributed by atoms with van der Waals surface area (Å²) in [6, 6.07) is 9.68. The van der Waals surface area contributed by atoms with Crippen LogP contribution in [0.3, 0.4) is 0 Å². The highest BCUT2D eigenvalue weighted by atomic mass is 16.4. The molecule has 5 nitrogen and oxygen atoms in total. The van der Waals surface area contributed by atoms with Gasteiger partial charge in [0.1, 0.15) is 0 Å². The van der Waals surface area contributed by atoms with Gasteiger partial charge in [0.2, 0.25) is 0 Å². The van der Waals surface area contributed by atoms with Crippen molar-refractivity contribution in [2.45, 2.75) is 32.7 Å². The Bertz CT molecular complexity index is 661. The molecule has 122 valence electrons. The first-order valence-electron chi connectivity index (χ1n) is 7.61. The van der Waals surface area contributed by atoms with Crippen LogP contribution in [0.2, 0.25) is 0 Å². The van der Waals surface area contributed by atoms with E-state index in [-0.39, 0.29) is 17.2 Å². The molecule has 0 aromatic heterocycles. The average Bonchev–Trinajstić information content (AvgIpc) is 2.50. The number of aliphatic carboxylic acids is 2. The van der Waals surface area contributed by atoms with Gasteiger partial charge in [-0.25, -0.2) is 9.59 Å². The maximum absolute atomic E-state index is 11.5. The number of benzene rings is 1. The van der Waals surface area contributed by atoms with E-state index < -0.39 is 11.9 Å². The molecule has 1 aliphatic heterocycles. The largest absolute Gasteiger partial charge is 0.478 e. The molecule has 2 rings (SSSR count). The van der Waals surface area contributed by atoms with Crippen LogP contribution in [0.25, 0.3) is 0 Å². The molecule has 0 bridgehead atoms. The fraction of sp³-hybridized carbons (Fsp3) is 0.333. The summed E-state index contributed by atoms with van der Waals surface area (Å²) in [6.07, 6.45) is 3.26. The topological polar surface area (TPSA) is 77.8 Å². The second-order valence-electron chi connectivity index (χ2n) is 5.69. The Labute approximate surface area is 135 Å². The molecular weight excluding hydrogens is 294 g/mol. The van der Waals surface area contributed by atoms with Crippen molar-refractivity contribution in [1.29, 1.82) is 0 Å². The fourth-order valence-corrected chi connectivity index (χ4v) is 2.92. The molecule has 0 amide bonds. The van der Waals surface area contributed by atoms with E-state index in [1.165, 1.54) is 5.56 Å². The van der Waals surface area contributed by atoms with Gasteiger partial charge in [0.25, 0.3) is 0 Å². The summed E-state index contributed by atoms with van der Waals surface area (Å²) in [5.41, 5.74) is 1.76. The van der Waals surface area contributed by atoms with Crippen LogP contribution in [0.5, 0.6) is 0 Å². The number of aryl methyl sites for hydroxylation is 1. The van der Waals surface area contributed by atoms with Crippen molar-refractivity contribution in [3.63, 3.8) is 0 Å². The average molecular weight is 315 g/mol. The lowest BCUT2D eigenvalue weighted by molar-refractivity contribution is -0.133. The number of nitrogens with zero attached hydrogens (tertiary/aromatic N) is 1. The Hall–Kier alpha value is -2.56. The van der Waals surface area contributed by atoms with Gasteiger partial charge in [-0.15, -0.1) is 0 Å². The normalized spacial score (nSPS) is 17.9. The Kier molecular flexibility index (Phi) is 5.21. The van der Waals surface area contributed by atoms with Gasteiger partial charge in [0.05, 0.1) is 17.2 Å². The number of carboxylic acid groups (broad SMARTS) is 2. The predicted octanol–water partition coefficient (Wildman–Crippen LogP) is 2.69. The van der Waals surface area contributed by atoms with Crippen LogP contribution in [0, 0.1) is 0 Å². The lowest BCUT2D eigenvalue weighted by Gasteiger charge is -2.33. The van der Waals surface area contributed by atoms with Gasteiger partial charge in [-0.2, -0.15) is 0 Å². The number of carbonyl (C=O) groups is 2. The zero-order valence-electron chi connectivity index (χ0n) is 13.3. The maximum atomic E-state index is 11.5. The Balaban J connectivity index is 2.12. The third-order valence-electron chi connectivity index (χ3n) is 4.20. The molecule has 1 aromatic rings.